The van der Waals surface area contributed by atoms with Gasteiger partial charge in [-0.05, 0) is 34.1 Å². The Morgan fingerprint density at radius 2 is 1.72 bits per heavy atom. The number of carbonyl (C=O) groups is 2. The van der Waals surface area contributed by atoms with Crippen LogP contribution < -0.4 is 0 Å². The summed E-state index contributed by atoms with van der Waals surface area (Å²) in [6.07, 6.45) is 4.11. The molecule has 0 atom stereocenters. The lowest BCUT2D eigenvalue weighted by Gasteiger charge is -2.21. The van der Waals surface area contributed by atoms with Crippen LogP contribution in [-0.2, 0) is 5.41 Å². The fraction of sp³-hybridized carbons (Fsp3) is 0.304. The minimum absolute atomic E-state index is 0.0433. The number of benzene rings is 2. The molecule has 0 aliphatic heterocycles. The average molecular weight is 334 g/mol. The molecule has 0 unspecified atom stereocenters. The normalized spacial score (nSPS) is 11.9. The van der Waals surface area contributed by atoms with E-state index in [9.17, 15) is 9.59 Å². The zero-order valence-corrected chi connectivity index (χ0v) is 15.7. The fourth-order valence-electron chi connectivity index (χ4n) is 2.62. The van der Waals surface area contributed by atoms with E-state index in [4.69, 9.17) is 0 Å². The summed E-state index contributed by atoms with van der Waals surface area (Å²) in [5.41, 5.74) is 4.41. The number of allylic oxidation sites excluding steroid dienone is 1. The van der Waals surface area contributed by atoms with Gasteiger partial charge in [-0.15, -0.1) is 0 Å². The highest BCUT2D eigenvalue weighted by Gasteiger charge is 2.16. The van der Waals surface area contributed by atoms with E-state index in [0.717, 1.165) is 11.8 Å². The second-order valence-electron chi connectivity index (χ2n) is 7.70. The van der Waals surface area contributed by atoms with E-state index in [2.05, 4.69) is 52.8 Å². The van der Waals surface area contributed by atoms with E-state index in [0.29, 0.717) is 17.0 Å². The highest BCUT2D eigenvalue weighted by atomic mass is 16.1. The quantitative estimate of drug-likeness (QED) is 0.392. The minimum Gasteiger partial charge on any atom is -0.298 e. The van der Waals surface area contributed by atoms with Crippen molar-refractivity contribution in [3.8, 4) is 0 Å². The summed E-state index contributed by atoms with van der Waals surface area (Å²) >= 11 is 0. The van der Waals surface area contributed by atoms with E-state index in [-0.39, 0.29) is 11.2 Å². The van der Waals surface area contributed by atoms with Crippen molar-refractivity contribution >= 4 is 18.1 Å². The molecule has 0 heterocycles. The summed E-state index contributed by atoms with van der Waals surface area (Å²) in [6.45, 7) is 10.9. The van der Waals surface area contributed by atoms with E-state index < -0.39 is 0 Å². The fourth-order valence-corrected chi connectivity index (χ4v) is 2.62. The van der Waals surface area contributed by atoms with Crippen molar-refractivity contribution in [2.24, 2.45) is 0 Å². The van der Waals surface area contributed by atoms with Crippen LogP contribution in [0.25, 0.3) is 6.08 Å². The summed E-state index contributed by atoms with van der Waals surface area (Å²) in [5, 5.41) is 0. The molecule has 2 heteroatoms. The molecule has 0 aliphatic rings. The molecule has 0 saturated carbocycles. The summed E-state index contributed by atoms with van der Waals surface area (Å²) < 4.78 is 0. The number of hydrogen-bond acceptors (Lipinski definition) is 2. The summed E-state index contributed by atoms with van der Waals surface area (Å²) in [5.74, 6) is 0.260. The maximum Gasteiger partial charge on any atom is 0.186 e. The predicted octanol–water partition coefficient (Wildman–Crippen LogP) is 5.82. The summed E-state index contributed by atoms with van der Waals surface area (Å²) in [6, 6.07) is 13.4. The molecule has 2 aromatic rings. The Hall–Kier alpha value is -2.48. The zero-order chi connectivity index (χ0) is 18.6. The first-order valence-corrected chi connectivity index (χ1v) is 8.64. The molecular formula is C23H26O2. The Labute approximate surface area is 150 Å². The molecule has 0 amide bonds. The Morgan fingerprint density at radius 3 is 2.32 bits per heavy atom. The van der Waals surface area contributed by atoms with Crippen molar-refractivity contribution in [3.05, 3.63) is 76.4 Å². The Balaban J connectivity index is 2.38. The molecule has 0 N–H and O–H groups in total. The first kappa shape index (κ1) is 18.9. The average Bonchev–Trinajstić information content (AvgIpc) is 2.58. The number of hydrogen-bond donors (Lipinski definition) is 0. The molecule has 0 fully saturated rings. The summed E-state index contributed by atoms with van der Waals surface area (Å²) in [7, 11) is 0. The minimum atomic E-state index is -0.157. The van der Waals surface area contributed by atoms with E-state index in [1.54, 1.807) is 30.3 Å². The lowest BCUT2D eigenvalue weighted by Crippen LogP contribution is -2.12. The van der Waals surface area contributed by atoms with Crippen molar-refractivity contribution in [2.45, 2.75) is 46.0 Å². The van der Waals surface area contributed by atoms with Crippen LogP contribution in [0.2, 0.25) is 0 Å². The first-order valence-electron chi connectivity index (χ1n) is 8.64. The van der Waals surface area contributed by atoms with Gasteiger partial charge in [0.2, 0.25) is 0 Å². The standard InChI is InChI=1S/C23H26O2/c1-16(2)19-12-17(13-20(14-19)23(3,4)5)10-11-22(25)21-9-7-6-8-18(21)15-24/h6-16H,1-5H3/b11-10-. The Morgan fingerprint density at radius 1 is 1.04 bits per heavy atom. The topological polar surface area (TPSA) is 34.1 Å². The lowest BCUT2D eigenvalue weighted by atomic mass is 9.83. The molecule has 0 radical (unpaired) electrons. The van der Waals surface area contributed by atoms with E-state index in [1.807, 2.05) is 6.08 Å². The third-order valence-electron chi connectivity index (χ3n) is 4.29. The maximum atomic E-state index is 12.5. The predicted molar refractivity (Wildman–Crippen MR) is 104 cm³/mol. The molecule has 2 nitrogen and oxygen atoms in total. The van der Waals surface area contributed by atoms with Gasteiger partial charge in [0.1, 0.15) is 0 Å². The van der Waals surface area contributed by atoms with Crippen LogP contribution in [-0.4, -0.2) is 12.1 Å². The molecule has 0 aliphatic carbocycles. The van der Waals surface area contributed by atoms with Crippen LogP contribution >= 0.6 is 0 Å². The SMILES string of the molecule is CC(C)c1cc(/C=C\C(=O)c2ccccc2C=O)cc(C(C)(C)C)c1. The maximum absolute atomic E-state index is 12.5. The highest BCUT2D eigenvalue weighted by Crippen LogP contribution is 2.28. The Kier molecular flexibility index (Phi) is 5.73. The van der Waals surface area contributed by atoms with Crippen LogP contribution in [0, 0.1) is 0 Å². The van der Waals surface area contributed by atoms with Gasteiger partial charge in [0.05, 0.1) is 0 Å². The van der Waals surface area contributed by atoms with Crippen molar-refractivity contribution in [3.63, 3.8) is 0 Å². The molecule has 25 heavy (non-hydrogen) atoms. The molecule has 0 aromatic heterocycles. The van der Waals surface area contributed by atoms with Crippen molar-refractivity contribution < 1.29 is 9.59 Å². The van der Waals surface area contributed by atoms with Gasteiger partial charge in [-0.3, -0.25) is 9.59 Å². The number of aldehydes is 1. The van der Waals surface area contributed by atoms with Gasteiger partial charge in [0.15, 0.2) is 12.1 Å². The molecule has 2 rings (SSSR count). The number of carbonyl (C=O) groups excluding carboxylic acids is 2. The van der Waals surface area contributed by atoms with Crippen molar-refractivity contribution in [1.29, 1.82) is 0 Å². The van der Waals surface area contributed by atoms with Crippen LogP contribution in [0.3, 0.4) is 0 Å². The van der Waals surface area contributed by atoms with Crippen molar-refractivity contribution in [2.75, 3.05) is 0 Å². The second kappa shape index (κ2) is 7.60. The lowest BCUT2D eigenvalue weighted by molar-refractivity contribution is 0.103. The first-order chi connectivity index (χ1) is 11.7. The van der Waals surface area contributed by atoms with Gasteiger partial charge in [-0.25, -0.2) is 0 Å². The zero-order valence-electron chi connectivity index (χ0n) is 15.7. The molecule has 0 spiro atoms. The van der Waals surface area contributed by atoms with E-state index >= 15 is 0 Å². The van der Waals surface area contributed by atoms with Crippen LogP contribution in [0.4, 0.5) is 0 Å². The molecular weight excluding hydrogens is 308 g/mol. The smallest absolute Gasteiger partial charge is 0.186 e. The van der Waals surface area contributed by atoms with Crippen molar-refractivity contribution in [1.82, 2.24) is 0 Å². The molecule has 130 valence electrons. The van der Waals surface area contributed by atoms with Gasteiger partial charge in [-0.1, -0.05) is 83.2 Å². The van der Waals surface area contributed by atoms with Gasteiger partial charge < -0.3 is 0 Å². The second-order valence-corrected chi connectivity index (χ2v) is 7.70. The largest absolute Gasteiger partial charge is 0.298 e. The molecule has 0 bridgehead atoms. The van der Waals surface area contributed by atoms with Crippen LogP contribution in [0.15, 0.2) is 48.5 Å². The monoisotopic (exact) mass is 334 g/mol. The highest BCUT2D eigenvalue weighted by molar-refractivity contribution is 6.10. The van der Waals surface area contributed by atoms with Gasteiger partial charge in [0, 0.05) is 11.1 Å². The Bertz CT molecular complexity index is 805. The van der Waals surface area contributed by atoms with Crippen LogP contribution in [0.1, 0.15) is 77.9 Å². The van der Waals surface area contributed by atoms with E-state index in [1.165, 1.54) is 11.1 Å². The van der Waals surface area contributed by atoms with Crippen LogP contribution in [0.5, 0.6) is 0 Å². The third-order valence-corrected chi connectivity index (χ3v) is 4.29. The van der Waals surface area contributed by atoms with Gasteiger partial charge in [-0.2, -0.15) is 0 Å². The van der Waals surface area contributed by atoms with Gasteiger partial charge >= 0.3 is 0 Å². The molecule has 2 aromatic carbocycles. The third kappa shape index (κ3) is 4.76. The van der Waals surface area contributed by atoms with Gasteiger partial charge in [0.25, 0.3) is 0 Å². The number of ketones is 1. The number of rotatable bonds is 5. The summed E-state index contributed by atoms with van der Waals surface area (Å²) in [4.78, 5) is 23.6. The molecule has 0 saturated heterocycles.